The number of alkyl halides is 3. The number of oxime groups is 1. The van der Waals surface area contributed by atoms with E-state index >= 15 is 0 Å². The number of aliphatic carboxylic acids is 1. The molecule has 0 atom stereocenters. The van der Waals surface area contributed by atoms with Crippen LogP contribution in [0.2, 0.25) is 0 Å². The third kappa shape index (κ3) is 9.94. The van der Waals surface area contributed by atoms with Crippen LogP contribution >= 0.6 is 11.3 Å². The van der Waals surface area contributed by atoms with Crippen molar-refractivity contribution in [1.82, 2.24) is 20.1 Å². The van der Waals surface area contributed by atoms with Crippen molar-refractivity contribution < 1.29 is 47.0 Å². The zero-order valence-corrected chi connectivity index (χ0v) is 27.0. The largest absolute Gasteiger partial charge is 0.490 e. The number of halogens is 3. The number of amides is 2. The lowest BCUT2D eigenvalue weighted by atomic mass is 10.1. The van der Waals surface area contributed by atoms with Gasteiger partial charge in [-0.2, -0.15) is 13.2 Å². The van der Waals surface area contributed by atoms with Gasteiger partial charge in [-0.05, 0) is 56.9 Å². The van der Waals surface area contributed by atoms with Gasteiger partial charge in [0.05, 0.1) is 6.04 Å². The first-order valence-corrected chi connectivity index (χ1v) is 15.5. The maximum atomic E-state index is 13.2. The number of hydrogen-bond donors (Lipinski definition) is 3. The lowest BCUT2D eigenvalue weighted by Gasteiger charge is -2.33. The predicted octanol–water partition coefficient (Wildman–Crippen LogP) is 3.82. The van der Waals surface area contributed by atoms with Gasteiger partial charge in [-0.1, -0.05) is 11.2 Å². The summed E-state index contributed by atoms with van der Waals surface area (Å²) in [5.41, 5.74) is 0.694. The molecule has 1 saturated heterocycles. The number of nitrogens with zero attached hydrogens (tertiary/aromatic N) is 5. The van der Waals surface area contributed by atoms with Crippen molar-refractivity contribution in [2.24, 2.45) is 10.1 Å². The van der Waals surface area contributed by atoms with E-state index in [1.54, 1.807) is 50.9 Å². The number of hydrogen-bond acceptors (Lipinski definition) is 11. The van der Waals surface area contributed by atoms with E-state index in [1.807, 2.05) is 5.32 Å². The third-order valence-electron chi connectivity index (χ3n) is 6.87. The average molecular weight is 684 g/mol. The van der Waals surface area contributed by atoms with Crippen molar-refractivity contribution in [3.8, 4) is 5.75 Å². The van der Waals surface area contributed by atoms with Crippen LogP contribution in [0.3, 0.4) is 0 Å². The zero-order valence-electron chi connectivity index (χ0n) is 26.2. The molecule has 18 heteroatoms. The van der Waals surface area contributed by atoms with Crippen LogP contribution < -0.4 is 15.4 Å². The average Bonchev–Trinajstić information content (AvgIpc) is 3.64. The van der Waals surface area contributed by atoms with Gasteiger partial charge in [0.2, 0.25) is 11.7 Å². The van der Waals surface area contributed by atoms with Gasteiger partial charge in [-0.3, -0.25) is 10.1 Å². The summed E-state index contributed by atoms with van der Waals surface area (Å²) in [7, 11) is 1.66. The Bertz CT molecular complexity index is 1520. The highest BCUT2D eigenvalue weighted by molar-refractivity contribution is 7.14. The molecule has 0 unspecified atom stereocenters. The molecule has 1 aromatic heterocycles. The molecule has 4 rings (SSSR count). The lowest BCUT2D eigenvalue weighted by molar-refractivity contribution is -0.172. The summed E-state index contributed by atoms with van der Waals surface area (Å²) in [6, 6.07) is 4.74. The van der Waals surface area contributed by atoms with Gasteiger partial charge in [0, 0.05) is 38.6 Å². The molecule has 2 aromatic rings. The van der Waals surface area contributed by atoms with Gasteiger partial charge in [-0.25, -0.2) is 19.6 Å². The molecule has 2 amide bonds. The zero-order chi connectivity index (χ0) is 34.4. The van der Waals surface area contributed by atoms with Gasteiger partial charge in [0.15, 0.2) is 11.7 Å². The molecule has 0 bridgehead atoms. The molecule has 14 nitrogen and oxygen atoms in total. The first kappa shape index (κ1) is 35.2. The van der Waals surface area contributed by atoms with Crippen molar-refractivity contribution in [1.29, 1.82) is 0 Å². The van der Waals surface area contributed by atoms with Crippen molar-refractivity contribution >= 4 is 46.1 Å². The van der Waals surface area contributed by atoms with E-state index in [4.69, 9.17) is 14.3 Å². The summed E-state index contributed by atoms with van der Waals surface area (Å²) in [6.45, 7) is 6.19. The number of rotatable bonds is 9. The van der Waals surface area contributed by atoms with E-state index in [0.717, 1.165) is 11.1 Å². The Kier molecular flexibility index (Phi) is 11.2. The number of nitrogens with one attached hydrogen (secondary N) is 2. The number of aliphatic imine (C=N–C) groups is 1. The number of aromatic nitrogens is 1. The number of thiazole rings is 1. The van der Waals surface area contributed by atoms with Gasteiger partial charge in [-0.15, -0.1) is 11.3 Å². The van der Waals surface area contributed by atoms with Crippen molar-refractivity contribution in [3.63, 3.8) is 0 Å². The molecule has 47 heavy (non-hydrogen) atoms. The predicted molar refractivity (Wildman–Crippen MR) is 165 cm³/mol. The smallest absolute Gasteiger partial charge is 0.471 e. The normalized spacial score (nSPS) is 16.1. The van der Waals surface area contributed by atoms with Crippen molar-refractivity contribution in [3.05, 3.63) is 40.4 Å². The highest BCUT2D eigenvalue weighted by Gasteiger charge is 2.40. The van der Waals surface area contributed by atoms with Crippen LogP contribution in [0.25, 0.3) is 0 Å². The molecule has 3 N–H and O–H groups in total. The Hall–Kier alpha value is -4.61. The van der Waals surface area contributed by atoms with Crippen molar-refractivity contribution in [2.45, 2.75) is 64.5 Å². The number of piperidine rings is 1. The number of likely N-dealkylation sites (tertiary alicyclic amines) is 1. The molecule has 1 aromatic carbocycles. The van der Waals surface area contributed by atoms with Crippen LogP contribution in [0.5, 0.6) is 5.75 Å². The Balaban J connectivity index is 1.36. The van der Waals surface area contributed by atoms with Gasteiger partial charge < -0.3 is 34.5 Å². The standard InChI is InChI=1S/C29H36F3N7O7S/c1-28(2,3)46-27(43)38-9-7-19(8-10-38)34-25(36-24(42)29(30,31)32)39-14-17-5-6-20(13-18(17)15-39)44-11-12-45-37-22(23(40)41)21-16-47-26(33-4)35-21/h5-6,13,16,19H,7-12,14-15H2,1-4H3,(H,33,35)(H,40,41)(H,34,36,42)/b37-22-. The van der Waals surface area contributed by atoms with E-state index in [-0.39, 0.29) is 43.7 Å². The number of anilines is 1. The minimum Gasteiger partial charge on any atom is -0.490 e. The summed E-state index contributed by atoms with van der Waals surface area (Å²) in [5, 5.41) is 19.9. The topological polar surface area (TPSA) is 167 Å². The molecule has 1 fully saturated rings. The van der Waals surface area contributed by atoms with E-state index in [2.05, 4.69) is 20.4 Å². The number of fused-ring (bicyclic) bond motifs is 1. The third-order valence-corrected chi connectivity index (χ3v) is 7.73. The van der Waals surface area contributed by atoms with Crippen LogP contribution in [-0.2, 0) is 32.3 Å². The molecule has 0 radical (unpaired) electrons. The van der Waals surface area contributed by atoms with E-state index in [0.29, 0.717) is 36.8 Å². The van der Waals surface area contributed by atoms with E-state index in [1.165, 1.54) is 21.6 Å². The fourth-order valence-electron chi connectivity index (χ4n) is 4.65. The summed E-state index contributed by atoms with van der Waals surface area (Å²) in [5.74, 6) is -3.19. The summed E-state index contributed by atoms with van der Waals surface area (Å²) < 4.78 is 50.7. The van der Waals surface area contributed by atoms with Crippen LogP contribution in [0.4, 0.5) is 23.1 Å². The molecule has 3 heterocycles. The molecule has 0 spiro atoms. The van der Waals surface area contributed by atoms with E-state index < -0.39 is 35.8 Å². The number of benzene rings is 1. The van der Waals surface area contributed by atoms with E-state index in [9.17, 15) is 32.7 Å². The maximum absolute atomic E-state index is 13.2. The molecule has 0 saturated carbocycles. The Morgan fingerprint density at radius 1 is 1.09 bits per heavy atom. The molecule has 2 aliphatic heterocycles. The fraction of sp³-hybridized carbons (Fsp3) is 0.517. The van der Waals surface area contributed by atoms with Crippen LogP contribution in [-0.4, -0.2) is 101 Å². The van der Waals surface area contributed by atoms with Gasteiger partial charge >= 0.3 is 24.1 Å². The first-order valence-electron chi connectivity index (χ1n) is 14.6. The number of carbonyl (C=O) groups is 3. The number of guanidine groups is 1. The SMILES string of the molecule is CNc1nc(/C(=N/OCCOc2ccc3c(c2)CN(C(=NC2CCN(C(=O)OC(C)(C)C)CC2)NC(=O)C(F)(F)F)C3)C(=O)O)cs1. The van der Waals surface area contributed by atoms with Gasteiger partial charge in [0.25, 0.3) is 0 Å². The second-order valence-corrected chi connectivity index (χ2v) is 12.5. The quantitative estimate of drug-likeness (QED) is 0.153. The molecule has 256 valence electrons. The number of carboxylic acids is 1. The van der Waals surface area contributed by atoms with Gasteiger partial charge in [0.1, 0.15) is 23.7 Å². The summed E-state index contributed by atoms with van der Waals surface area (Å²) in [6.07, 6.45) is -4.82. The Morgan fingerprint density at radius 2 is 1.79 bits per heavy atom. The second-order valence-electron chi connectivity index (χ2n) is 11.6. The molecular formula is C29H36F3N7O7S. The summed E-state index contributed by atoms with van der Waals surface area (Å²) >= 11 is 1.22. The fourth-order valence-corrected chi connectivity index (χ4v) is 5.31. The minimum atomic E-state index is -5.11. The number of carboxylic acid groups (broad SMARTS) is 1. The Morgan fingerprint density at radius 3 is 2.40 bits per heavy atom. The molecule has 2 aliphatic rings. The van der Waals surface area contributed by atoms with Crippen LogP contribution in [0.1, 0.15) is 50.4 Å². The summed E-state index contributed by atoms with van der Waals surface area (Å²) in [4.78, 5) is 52.7. The number of carbonyl (C=O) groups excluding carboxylic acids is 2. The van der Waals surface area contributed by atoms with Crippen LogP contribution in [0.15, 0.2) is 33.7 Å². The van der Waals surface area contributed by atoms with Crippen molar-refractivity contribution in [2.75, 3.05) is 38.7 Å². The lowest BCUT2D eigenvalue weighted by Crippen LogP contribution is -2.48. The Labute approximate surface area is 272 Å². The maximum Gasteiger partial charge on any atom is 0.471 e. The molecular weight excluding hydrogens is 647 g/mol. The number of ether oxygens (including phenoxy) is 2. The first-order chi connectivity index (χ1) is 22.1. The monoisotopic (exact) mass is 683 g/mol. The molecule has 0 aliphatic carbocycles. The van der Waals surface area contributed by atoms with Crippen LogP contribution in [0, 0.1) is 0 Å². The minimum absolute atomic E-state index is 0.0219. The highest BCUT2D eigenvalue weighted by Crippen LogP contribution is 2.28. The second kappa shape index (κ2) is 14.9. The highest BCUT2D eigenvalue weighted by atomic mass is 32.1.